The molecule has 8 heteroatoms. The zero-order chi connectivity index (χ0) is 13.9. The molecule has 0 spiro atoms. The number of alkyl halides is 1. The molecule has 0 N–H and O–H groups in total. The zero-order valence-electron chi connectivity index (χ0n) is 10.6. The molecule has 0 fully saturated rings. The minimum Gasteiger partial charge on any atom is -0.247 e. The minimum atomic E-state index is -0.547. The van der Waals surface area contributed by atoms with Gasteiger partial charge in [0.25, 0.3) is 0 Å². The molecule has 1 aromatic heterocycles. The average Bonchev–Trinajstić information content (AvgIpc) is 2.35. The molecule has 1 heterocycles. The molecule has 0 aliphatic heterocycles. The molecule has 0 amide bonds. The van der Waals surface area contributed by atoms with Gasteiger partial charge in [0.15, 0.2) is 0 Å². The van der Waals surface area contributed by atoms with E-state index in [1.54, 1.807) is 13.2 Å². The first-order chi connectivity index (χ1) is 8.49. The third kappa shape index (κ3) is 2.73. The molecule has 0 radical (unpaired) electrons. The van der Waals surface area contributed by atoms with Crippen LogP contribution in [0.3, 0.4) is 0 Å². The predicted octanol–water partition coefficient (Wildman–Crippen LogP) is 0.704. The zero-order valence-corrected chi connectivity index (χ0v) is 13.5. The van der Waals surface area contributed by atoms with Crippen LogP contribution in [0.25, 0.3) is 0 Å². The Morgan fingerprint density at radius 3 is 2.28 bits per heavy atom. The summed E-state index contributed by atoms with van der Waals surface area (Å²) in [7, 11) is 0. The fourth-order valence-corrected chi connectivity index (χ4v) is 2.49. The van der Waals surface area contributed by atoms with Crippen molar-refractivity contribution in [2.24, 2.45) is 0 Å². The van der Waals surface area contributed by atoms with Gasteiger partial charge in [-0.3, -0.25) is 0 Å². The number of hydrogen-bond acceptors (Lipinski definition) is 4. The molecule has 1 aromatic rings. The normalized spacial score (nSPS) is 12.7. The highest BCUT2D eigenvalue weighted by Gasteiger charge is 2.17. The van der Waals surface area contributed by atoms with Crippen molar-refractivity contribution in [1.82, 2.24) is 13.1 Å². The fraction of sp³-hybridized carbons (Fsp3) is 0.700. The van der Waals surface area contributed by atoms with Crippen LogP contribution in [0.4, 0.5) is 0 Å². The summed E-state index contributed by atoms with van der Waals surface area (Å²) in [6.07, 6.45) is 2.31. The van der Waals surface area contributed by atoms with Gasteiger partial charge >= 0.3 is 17.1 Å². The van der Waals surface area contributed by atoms with E-state index in [1.807, 2.05) is 6.92 Å². The summed E-state index contributed by atoms with van der Waals surface area (Å²) in [6.45, 7) is 4.00. The molecular weight excluding hydrogens is 369 g/mol. The summed E-state index contributed by atoms with van der Waals surface area (Å²) in [5.74, 6) is 0. The molecule has 1 atom stereocenters. The molecule has 0 saturated carbocycles. The smallest absolute Gasteiger partial charge is 0.247 e. The van der Waals surface area contributed by atoms with Gasteiger partial charge in [-0.1, -0.05) is 29.5 Å². The topological polar surface area (TPSA) is 66.0 Å². The van der Waals surface area contributed by atoms with Crippen molar-refractivity contribution in [1.29, 1.82) is 0 Å². The highest BCUT2D eigenvalue weighted by molar-refractivity contribution is 14.1. The molecule has 102 valence electrons. The van der Waals surface area contributed by atoms with E-state index >= 15 is 0 Å². The maximum atomic E-state index is 12.2. The van der Waals surface area contributed by atoms with Gasteiger partial charge in [0, 0.05) is 23.3 Å². The van der Waals surface area contributed by atoms with Crippen molar-refractivity contribution in [3.63, 3.8) is 0 Å². The number of nitrogens with zero attached hydrogens (tertiary/aromatic N) is 3. The van der Waals surface area contributed by atoms with Crippen molar-refractivity contribution in [3.05, 3.63) is 31.5 Å². The Kier molecular flexibility index (Phi) is 5.70. The Morgan fingerprint density at radius 1 is 1.22 bits per heavy atom. The lowest BCUT2D eigenvalue weighted by atomic mass is 10.4. The van der Waals surface area contributed by atoms with Crippen LogP contribution in [0.1, 0.15) is 26.3 Å². The highest BCUT2D eigenvalue weighted by atomic mass is 127. The second-order valence-electron chi connectivity index (χ2n) is 3.85. The van der Waals surface area contributed by atoms with Crippen LogP contribution < -0.4 is 17.1 Å². The monoisotopic (exact) mass is 385 g/mol. The van der Waals surface area contributed by atoms with Crippen LogP contribution in [0.2, 0.25) is 0 Å². The van der Waals surface area contributed by atoms with Gasteiger partial charge in [-0.25, -0.2) is 23.5 Å². The lowest BCUT2D eigenvalue weighted by Gasteiger charge is -2.15. The molecular formula is C10H16IN3O3S. The minimum absolute atomic E-state index is 0.229. The molecule has 18 heavy (non-hydrogen) atoms. The van der Waals surface area contributed by atoms with Gasteiger partial charge in [0.05, 0.1) is 0 Å². The van der Waals surface area contributed by atoms with Crippen molar-refractivity contribution in [2.75, 3.05) is 10.7 Å². The molecule has 0 bridgehead atoms. The van der Waals surface area contributed by atoms with Gasteiger partial charge in [0.2, 0.25) is 0 Å². The summed E-state index contributed by atoms with van der Waals surface area (Å²) in [5.41, 5.74) is -1.61. The van der Waals surface area contributed by atoms with E-state index in [0.29, 0.717) is 17.4 Å². The lowest BCUT2D eigenvalue weighted by Crippen LogP contribution is -2.54. The molecule has 0 aliphatic carbocycles. The number of hydrogen-bond donors (Lipinski definition) is 0. The van der Waals surface area contributed by atoms with E-state index in [-0.39, 0.29) is 6.04 Å². The quantitative estimate of drug-likeness (QED) is 0.553. The summed E-state index contributed by atoms with van der Waals surface area (Å²) in [5, 5.41) is 0. The second-order valence-corrected chi connectivity index (χ2v) is 5.46. The maximum Gasteiger partial charge on any atom is 0.346 e. The van der Waals surface area contributed by atoms with E-state index in [1.165, 1.54) is 0 Å². The van der Waals surface area contributed by atoms with Crippen LogP contribution in [0.15, 0.2) is 14.4 Å². The van der Waals surface area contributed by atoms with Gasteiger partial charge in [-0.2, -0.15) is 3.97 Å². The molecule has 0 saturated heterocycles. The summed E-state index contributed by atoms with van der Waals surface area (Å²) in [6, 6.07) is -0.229. The molecule has 0 unspecified atom stereocenters. The molecule has 0 aromatic carbocycles. The van der Waals surface area contributed by atoms with Crippen molar-refractivity contribution >= 4 is 34.5 Å². The van der Waals surface area contributed by atoms with Gasteiger partial charge in [-0.05, 0) is 25.3 Å². The second kappa shape index (κ2) is 6.60. The van der Waals surface area contributed by atoms with Crippen LogP contribution in [-0.2, 0) is 6.54 Å². The maximum absolute atomic E-state index is 12.2. The summed E-state index contributed by atoms with van der Waals surface area (Å²) >= 11 is 3.14. The Balaban J connectivity index is 3.73. The van der Waals surface area contributed by atoms with Crippen LogP contribution in [0.5, 0.6) is 0 Å². The first kappa shape index (κ1) is 15.5. The predicted molar refractivity (Wildman–Crippen MR) is 82.0 cm³/mol. The van der Waals surface area contributed by atoms with Crippen LogP contribution >= 0.6 is 34.5 Å². The van der Waals surface area contributed by atoms with Crippen LogP contribution in [0, 0.1) is 0 Å². The average molecular weight is 385 g/mol. The lowest BCUT2D eigenvalue weighted by molar-refractivity contribution is 0.466. The number of rotatable bonds is 5. The Labute approximate surface area is 122 Å². The first-order valence-electron chi connectivity index (χ1n) is 5.58. The van der Waals surface area contributed by atoms with Gasteiger partial charge in [0.1, 0.15) is 0 Å². The highest BCUT2D eigenvalue weighted by Crippen LogP contribution is 2.03. The third-order valence-electron chi connectivity index (χ3n) is 2.52. The standard InChI is InChI=1S/C10H16IN3O3S/c1-4-5-12-8(15)13(7(2)6-11)10(17)14(18-3)9(12)16/h7H,4-6H2,1-3H3/t7-/m1/s1. The Bertz CT molecular complexity index is 590. The number of halogens is 1. The Hall–Kier alpha value is -0.510. The van der Waals surface area contributed by atoms with E-state index in [0.717, 1.165) is 25.1 Å². The SMILES string of the molecule is CCCn1c(=O)n(SC)c(=O)n([C@H](C)CI)c1=O. The Morgan fingerprint density at radius 2 is 1.83 bits per heavy atom. The van der Waals surface area contributed by atoms with Crippen LogP contribution in [-0.4, -0.2) is 23.8 Å². The number of aromatic nitrogens is 3. The van der Waals surface area contributed by atoms with Gasteiger partial charge in [-0.15, -0.1) is 0 Å². The van der Waals surface area contributed by atoms with E-state index in [9.17, 15) is 14.4 Å². The third-order valence-corrected chi connectivity index (χ3v) is 4.47. The summed E-state index contributed by atoms with van der Waals surface area (Å²) < 4.78 is 3.94. The van der Waals surface area contributed by atoms with E-state index < -0.39 is 17.1 Å². The van der Waals surface area contributed by atoms with Crippen molar-refractivity contribution in [3.8, 4) is 0 Å². The largest absolute Gasteiger partial charge is 0.346 e. The first-order valence-corrected chi connectivity index (χ1v) is 8.29. The van der Waals surface area contributed by atoms with E-state index in [4.69, 9.17) is 0 Å². The van der Waals surface area contributed by atoms with Crippen molar-refractivity contribution < 1.29 is 0 Å². The fourth-order valence-electron chi connectivity index (χ4n) is 1.60. The van der Waals surface area contributed by atoms with Gasteiger partial charge < -0.3 is 0 Å². The summed E-state index contributed by atoms with van der Waals surface area (Å²) in [4.78, 5) is 36.2. The molecule has 0 aliphatic rings. The van der Waals surface area contributed by atoms with E-state index in [2.05, 4.69) is 22.6 Å². The molecule has 6 nitrogen and oxygen atoms in total. The molecule has 1 rings (SSSR count). The van der Waals surface area contributed by atoms with Crippen molar-refractivity contribution in [2.45, 2.75) is 32.9 Å².